The van der Waals surface area contributed by atoms with E-state index >= 15 is 0 Å². The Balaban J connectivity index is 1.97. The first-order valence-electron chi connectivity index (χ1n) is 9.10. The quantitative estimate of drug-likeness (QED) is 0.513. The monoisotopic (exact) mass is 402 g/mol. The van der Waals surface area contributed by atoms with Crippen molar-refractivity contribution in [3.8, 4) is 11.3 Å². The van der Waals surface area contributed by atoms with E-state index in [1.165, 1.54) is 0 Å². The van der Waals surface area contributed by atoms with Gasteiger partial charge in [-0.25, -0.2) is 4.98 Å². The zero-order chi connectivity index (χ0) is 20.5. The Morgan fingerprint density at radius 1 is 1.07 bits per heavy atom. The number of primary amides is 1. The first kappa shape index (κ1) is 18.9. The second-order valence-electron chi connectivity index (χ2n) is 6.81. The molecule has 144 valence electrons. The van der Waals surface area contributed by atoms with E-state index in [-0.39, 0.29) is 5.69 Å². The number of para-hydroxylation sites is 1. The number of amides is 1. The number of hydrogen-bond acceptors (Lipinski definition) is 4. The van der Waals surface area contributed by atoms with Gasteiger partial charge in [-0.15, -0.1) is 0 Å². The van der Waals surface area contributed by atoms with E-state index in [0.717, 1.165) is 39.1 Å². The van der Waals surface area contributed by atoms with E-state index in [2.05, 4.69) is 11.1 Å². The minimum Gasteiger partial charge on any atom is -0.364 e. The number of nitrogens with zero attached hydrogens (tertiary/aromatic N) is 3. The Morgan fingerprint density at radius 2 is 1.86 bits per heavy atom. The third-order valence-electron chi connectivity index (χ3n) is 4.90. The Morgan fingerprint density at radius 3 is 2.62 bits per heavy atom. The molecule has 0 unspecified atom stereocenters. The van der Waals surface area contributed by atoms with Crippen LogP contribution >= 0.6 is 11.6 Å². The summed E-state index contributed by atoms with van der Waals surface area (Å²) in [6.07, 6.45) is 1.57. The third kappa shape index (κ3) is 3.52. The molecule has 0 aliphatic carbocycles. The van der Waals surface area contributed by atoms with Gasteiger partial charge in [-0.1, -0.05) is 48.0 Å². The fourth-order valence-corrected chi connectivity index (χ4v) is 3.57. The van der Waals surface area contributed by atoms with Crippen LogP contribution < -0.4 is 10.6 Å². The Hall–Kier alpha value is -3.44. The lowest BCUT2D eigenvalue weighted by Crippen LogP contribution is -2.16. The SMILES string of the molecule is Cc1cccc2cc(N(C)c3ccnc(C(N)=O)c3)c(-c3ccccc3Cl)nc12. The van der Waals surface area contributed by atoms with Gasteiger partial charge >= 0.3 is 0 Å². The lowest BCUT2D eigenvalue weighted by molar-refractivity contribution is 0.0995. The molecule has 2 N–H and O–H groups in total. The van der Waals surface area contributed by atoms with Crippen molar-refractivity contribution in [2.75, 3.05) is 11.9 Å². The first-order valence-corrected chi connectivity index (χ1v) is 9.48. The van der Waals surface area contributed by atoms with E-state index in [1.807, 2.05) is 67.4 Å². The van der Waals surface area contributed by atoms with Crippen LogP contribution in [0.15, 0.2) is 66.9 Å². The molecule has 5 nitrogen and oxygen atoms in total. The summed E-state index contributed by atoms with van der Waals surface area (Å²) in [5.74, 6) is -0.571. The predicted octanol–water partition coefficient (Wildman–Crippen LogP) is 5.13. The number of carbonyl (C=O) groups is 1. The molecule has 4 aromatic rings. The zero-order valence-corrected chi connectivity index (χ0v) is 16.8. The molecule has 0 radical (unpaired) electrons. The average Bonchev–Trinajstić information content (AvgIpc) is 2.73. The van der Waals surface area contributed by atoms with Crippen LogP contribution in [-0.2, 0) is 0 Å². The largest absolute Gasteiger partial charge is 0.364 e. The van der Waals surface area contributed by atoms with Gasteiger partial charge in [0.05, 0.1) is 21.9 Å². The number of pyridine rings is 2. The Bertz CT molecular complexity index is 1240. The normalized spacial score (nSPS) is 10.9. The fraction of sp³-hybridized carbons (Fsp3) is 0.0870. The van der Waals surface area contributed by atoms with Gasteiger partial charge in [0.25, 0.3) is 5.91 Å². The number of halogens is 1. The molecule has 2 aromatic carbocycles. The van der Waals surface area contributed by atoms with E-state index in [9.17, 15) is 4.79 Å². The average molecular weight is 403 g/mol. The second-order valence-corrected chi connectivity index (χ2v) is 7.21. The summed E-state index contributed by atoms with van der Waals surface area (Å²) in [5, 5.41) is 1.64. The van der Waals surface area contributed by atoms with Gasteiger partial charge in [0.15, 0.2) is 0 Å². The molecule has 2 aromatic heterocycles. The first-order chi connectivity index (χ1) is 14.0. The molecule has 0 spiro atoms. The van der Waals surface area contributed by atoms with Crippen LogP contribution in [0.5, 0.6) is 0 Å². The summed E-state index contributed by atoms with van der Waals surface area (Å²) >= 11 is 6.51. The molecule has 0 aliphatic rings. The number of rotatable bonds is 4. The second kappa shape index (κ2) is 7.53. The number of carbonyl (C=O) groups excluding carboxylic acids is 1. The van der Waals surface area contributed by atoms with Crippen LogP contribution in [0.1, 0.15) is 16.1 Å². The molecule has 29 heavy (non-hydrogen) atoms. The number of nitrogens with two attached hydrogens (primary N) is 1. The Kier molecular flexibility index (Phi) is 4.91. The summed E-state index contributed by atoms with van der Waals surface area (Å²) in [7, 11) is 1.92. The molecule has 0 atom stereocenters. The van der Waals surface area contributed by atoms with E-state index in [0.29, 0.717) is 5.02 Å². The molecule has 4 rings (SSSR count). The highest BCUT2D eigenvalue weighted by molar-refractivity contribution is 6.33. The maximum Gasteiger partial charge on any atom is 0.267 e. The minimum absolute atomic E-state index is 0.207. The van der Waals surface area contributed by atoms with Crippen molar-refractivity contribution >= 4 is 39.8 Å². The third-order valence-corrected chi connectivity index (χ3v) is 5.23. The molecule has 2 heterocycles. The van der Waals surface area contributed by atoms with E-state index < -0.39 is 5.91 Å². The van der Waals surface area contributed by atoms with Gasteiger partial charge < -0.3 is 10.6 Å². The highest BCUT2D eigenvalue weighted by atomic mass is 35.5. The molecule has 0 saturated carbocycles. The molecule has 0 saturated heterocycles. The molecule has 0 aliphatic heterocycles. The number of hydrogen-bond donors (Lipinski definition) is 1. The summed E-state index contributed by atoms with van der Waals surface area (Å²) in [4.78, 5) is 22.5. The van der Waals surface area contributed by atoms with E-state index in [1.54, 1.807) is 12.3 Å². The smallest absolute Gasteiger partial charge is 0.267 e. The van der Waals surface area contributed by atoms with Gasteiger partial charge in [-0.05, 0) is 36.8 Å². The number of aryl methyl sites for hydroxylation is 1. The number of benzene rings is 2. The van der Waals surface area contributed by atoms with Crippen molar-refractivity contribution < 1.29 is 4.79 Å². The van der Waals surface area contributed by atoms with Gasteiger partial charge in [0, 0.05) is 29.9 Å². The van der Waals surface area contributed by atoms with Crippen LogP contribution in [0.2, 0.25) is 5.02 Å². The zero-order valence-electron chi connectivity index (χ0n) is 16.1. The van der Waals surface area contributed by atoms with Crippen molar-refractivity contribution in [3.05, 3.63) is 83.1 Å². The number of anilines is 2. The van der Waals surface area contributed by atoms with Crippen molar-refractivity contribution in [2.24, 2.45) is 5.73 Å². The van der Waals surface area contributed by atoms with Crippen LogP contribution in [-0.4, -0.2) is 22.9 Å². The number of fused-ring (bicyclic) bond motifs is 1. The van der Waals surface area contributed by atoms with Gasteiger partial charge in [-0.2, -0.15) is 0 Å². The van der Waals surface area contributed by atoms with Crippen molar-refractivity contribution in [1.29, 1.82) is 0 Å². The topological polar surface area (TPSA) is 72.1 Å². The standard InChI is InChI=1S/C23H19ClN4O/c1-14-6-5-7-15-12-20(28(2)16-10-11-26-19(13-16)23(25)29)22(27-21(14)15)17-8-3-4-9-18(17)24/h3-13H,1-2H3,(H2,25,29). The van der Waals surface area contributed by atoms with Crippen molar-refractivity contribution in [3.63, 3.8) is 0 Å². The maximum atomic E-state index is 11.6. The highest BCUT2D eigenvalue weighted by Crippen LogP contribution is 2.38. The molecular weight excluding hydrogens is 384 g/mol. The summed E-state index contributed by atoms with van der Waals surface area (Å²) in [5.41, 5.74) is 10.9. The predicted molar refractivity (Wildman–Crippen MR) is 118 cm³/mol. The molecule has 1 amide bonds. The lowest BCUT2D eigenvalue weighted by atomic mass is 10.0. The van der Waals surface area contributed by atoms with E-state index in [4.69, 9.17) is 22.3 Å². The molecule has 0 fully saturated rings. The highest BCUT2D eigenvalue weighted by Gasteiger charge is 2.18. The summed E-state index contributed by atoms with van der Waals surface area (Å²) in [6, 6.07) is 19.3. The lowest BCUT2D eigenvalue weighted by Gasteiger charge is -2.23. The maximum absolute atomic E-state index is 11.6. The fourth-order valence-electron chi connectivity index (χ4n) is 3.34. The van der Waals surface area contributed by atoms with Crippen LogP contribution in [0, 0.1) is 6.92 Å². The molecule has 0 bridgehead atoms. The summed E-state index contributed by atoms with van der Waals surface area (Å²) in [6.45, 7) is 2.04. The molecule has 6 heteroatoms. The van der Waals surface area contributed by atoms with Gasteiger partial charge in [0.1, 0.15) is 5.69 Å². The van der Waals surface area contributed by atoms with Crippen LogP contribution in [0.4, 0.5) is 11.4 Å². The number of aromatic nitrogens is 2. The van der Waals surface area contributed by atoms with Crippen LogP contribution in [0.3, 0.4) is 0 Å². The van der Waals surface area contributed by atoms with Crippen molar-refractivity contribution in [1.82, 2.24) is 9.97 Å². The Labute approximate surface area is 173 Å². The minimum atomic E-state index is -0.571. The van der Waals surface area contributed by atoms with Crippen LogP contribution in [0.25, 0.3) is 22.2 Å². The van der Waals surface area contributed by atoms with Crippen molar-refractivity contribution in [2.45, 2.75) is 6.92 Å². The van der Waals surface area contributed by atoms with Gasteiger partial charge in [0.2, 0.25) is 0 Å². The van der Waals surface area contributed by atoms with Gasteiger partial charge in [-0.3, -0.25) is 9.78 Å². The molecular formula is C23H19ClN4O. The summed E-state index contributed by atoms with van der Waals surface area (Å²) < 4.78 is 0.